The van der Waals surface area contributed by atoms with Gasteiger partial charge >= 0.3 is 5.97 Å². The highest BCUT2D eigenvalue weighted by Crippen LogP contribution is 2.14. The molecule has 1 rings (SSSR count). The van der Waals surface area contributed by atoms with Crippen molar-refractivity contribution in [3.8, 4) is 0 Å². The number of nitrogens with zero attached hydrogens (tertiary/aromatic N) is 1. The number of aromatic nitrogens is 1. The van der Waals surface area contributed by atoms with E-state index < -0.39 is 5.97 Å². The first-order chi connectivity index (χ1) is 7.72. The van der Waals surface area contributed by atoms with Gasteiger partial charge in [-0.15, -0.1) is 0 Å². The number of aliphatic hydroxyl groups excluding tert-OH is 1. The van der Waals surface area contributed by atoms with Crippen molar-refractivity contribution in [1.29, 1.82) is 0 Å². The predicted molar refractivity (Wildman–Crippen MR) is 60.4 cm³/mol. The molecule has 1 heterocycles. The fourth-order valence-electron chi connectivity index (χ4n) is 1.27. The molecular weight excluding hydrogens is 208 g/mol. The van der Waals surface area contributed by atoms with Crippen LogP contribution in [0.25, 0.3) is 0 Å². The van der Waals surface area contributed by atoms with E-state index in [0.717, 1.165) is 6.42 Å². The van der Waals surface area contributed by atoms with E-state index in [2.05, 4.69) is 15.0 Å². The summed E-state index contributed by atoms with van der Waals surface area (Å²) in [5.74, 6) is -0.00126. The molecule has 1 aromatic heterocycles. The van der Waals surface area contributed by atoms with Crippen LogP contribution in [-0.2, 0) is 4.74 Å². The summed E-state index contributed by atoms with van der Waals surface area (Å²) < 4.78 is 4.64. The molecule has 0 aliphatic rings. The van der Waals surface area contributed by atoms with Crippen LogP contribution in [0.4, 0.5) is 5.82 Å². The quantitative estimate of drug-likeness (QED) is 0.731. The molecule has 0 amide bonds. The summed E-state index contributed by atoms with van der Waals surface area (Å²) in [6.45, 7) is 1.93. The molecule has 1 aromatic rings. The van der Waals surface area contributed by atoms with Crippen molar-refractivity contribution < 1.29 is 14.6 Å². The number of methoxy groups -OCH3 is 1. The summed E-state index contributed by atoms with van der Waals surface area (Å²) in [6, 6.07) is 3.18. The van der Waals surface area contributed by atoms with E-state index in [9.17, 15) is 4.79 Å². The molecule has 5 heteroatoms. The van der Waals surface area contributed by atoms with Crippen LogP contribution in [-0.4, -0.2) is 35.8 Å². The van der Waals surface area contributed by atoms with Crippen LogP contribution in [0, 0.1) is 0 Å². The van der Waals surface area contributed by atoms with Gasteiger partial charge in [0.15, 0.2) is 0 Å². The van der Waals surface area contributed by atoms with E-state index in [1.165, 1.54) is 7.11 Å². The van der Waals surface area contributed by atoms with Gasteiger partial charge in [-0.1, -0.05) is 6.92 Å². The third-order valence-corrected chi connectivity index (χ3v) is 2.27. The van der Waals surface area contributed by atoms with Gasteiger partial charge in [-0.2, -0.15) is 0 Å². The van der Waals surface area contributed by atoms with Crippen molar-refractivity contribution in [2.45, 2.75) is 19.4 Å². The van der Waals surface area contributed by atoms with Gasteiger partial charge in [0.1, 0.15) is 11.4 Å². The SMILES string of the molecule is CCC(CO)Nc1ncccc1C(=O)OC. The summed E-state index contributed by atoms with van der Waals surface area (Å²) in [4.78, 5) is 15.5. The van der Waals surface area contributed by atoms with Crippen LogP contribution >= 0.6 is 0 Å². The third kappa shape index (κ3) is 2.93. The zero-order valence-corrected chi connectivity index (χ0v) is 9.43. The summed E-state index contributed by atoms with van der Waals surface area (Å²) in [5.41, 5.74) is 0.372. The van der Waals surface area contributed by atoms with Crippen LogP contribution in [0.3, 0.4) is 0 Å². The van der Waals surface area contributed by atoms with Crippen LogP contribution < -0.4 is 5.32 Å². The third-order valence-electron chi connectivity index (χ3n) is 2.27. The number of aliphatic hydroxyl groups is 1. The number of anilines is 1. The van der Waals surface area contributed by atoms with Gasteiger partial charge in [-0.3, -0.25) is 0 Å². The van der Waals surface area contributed by atoms with E-state index in [1.54, 1.807) is 18.3 Å². The average Bonchev–Trinajstić information content (AvgIpc) is 2.35. The Bertz CT molecular complexity index is 351. The highest BCUT2D eigenvalue weighted by molar-refractivity contribution is 5.94. The molecule has 0 radical (unpaired) electrons. The zero-order chi connectivity index (χ0) is 12.0. The second-order valence-electron chi connectivity index (χ2n) is 3.32. The number of pyridine rings is 1. The van der Waals surface area contributed by atoms with Gasteiger partial charge in [0.05, 0.1) is 19.8 Å². The number of hydrogen-bond acceptors (Lipinski definition) is 5. The number of ether oxygens (including phenoxy) is 1. The lowest BCUT2D eigenvalue weighted by atomic mass is 10.2. The Morgan fingerprint density at radius 3 is 3.00 bits per heavy atom. The van der Waals surface area contributed by atoms with Crippen LogP contribution in [0.5, 0.6) is 0 Å². The molecule has 0 saturated heterocycles. The number of nitrogens with one attached hydrogen (secondary N) is 1. The Labute approximate surface area is 94.5 Å². The second kappa shape index (κ2) is 6.07. The van der Waals surface area contributed by atoms with Gasteiger partial charge in [0.25, 0.3) is 0 Å². The normalized spacial score (nSPS) is 11.9. The lowest BCUT2D eigenvalue weighted by Gasteiger charge is -2.16. The van der Waals surface area contributed by atoms with Crippen molar-refractivity contribution >= 4 is 11.8 Å². The summed E-state index contributed by atoms with van der Waals surface area (Å²) >= 11 is 0. The Kier molecular flexibility index (Phi) is 4.72. The Balaban J connectivity index is 2.90. The van der Waals surface area contributed by atoms with Crippen molar-refractivity contribution in [2.75, 3.05) is 19.0 Å². The smallest absolute Gasteiger partial charge is 0.341 e. The van der Waals surface area contributed by atoms with Crippen molar-refractivity contribution in [3.63, 3.8) is 0 Å². The Morgan fingerprint density at radius 1 is 1.69 bits per heavy atom. The Hall–Kier alpha value is -1.62. The molecule has 5 nitrogen and oxygen atoms in total. The highest BCUT2D eigenvalue weighted by atomic mass is 16.5. The highest BCUT2D eigenvalue weighted by Gasteiger charge is 2.14. The summed E-state index contributed by atoms with van der Waals surface area (Å²) in [6.07, 6.45) is 2.33. The Morgan fingerprint density at radius 2 is 2.44 bits per heavy atom. The van der Waals surface area contributed by atoms with E-state index in [-0.39, 0.29) is 12.6 Å². The lowest BCUT2D eigenvalue weighted by molar-refractivity contribution is 0.0601. The molecule has 1 atom stereocenters. The maximum absolute atomic E-state index is 11.4. The molecule has 0 saturated carbocycles. The molecule has 0 aliphatic heterocycles. The number of hydrogen-bond donors (Lipinski definition) is 2. The predicted octanol–water partition coefficient (Wildman–Crippen LogP) is 1.05. The molecule has 0 bridgehead atoms. The number of carbonyl (C=O) groups is 1. The van der Waals surface area contributed by atoms with E-state index >= 15 is 0 Å². The maximum atomic E-state index is 11.4. The summed E-state index contributed by atoms with van der Waals surface area (Å²) in [7, 11) is 1.32. The topological polar surface area (TPSA) is 71.5 Å². The van der Waals surface area contributed by atoms with Gasteiger partial charge in [-0.05, 0) is 18.6 Å². The first-order valence-electron chi connectivity index (χ1n) is 5.13. The minimum atomic E-state index is -0.441. The summed E-state index contributed by atoms with van der Waals surface area (Å²) in [5, 5.41) is 12.1. The van der Waals surface area contributed by atoms with Gasteiger partial charge in [-0.25, -0.2) is 9.78 Å². The van der Waals surface area contributed by atoms with Crippen LogP contribution in [0.15, 0.2) is 18.3 Å². The fraction of sp³-hybridized carbons (Fsp3) is 0.455. The molecule has 0 fully saturated rings. The van der Waals surface area contributed by atoms with Gasteiger partial charge in [0, 0.05) is 6.20 Å². The molecule has 0 aliphatic carbocycles. The van der Waals surface area contributed by atoms with Crippen LogP contribution in [0.2, 0.25) is 0 Å². The largest absolute Gasteiger partial charge is 0.465 e. The molecule has 88 valence electrons. The van der Waals surface area contributed by atoms with Gasteiger partial charge in [0.2, 0.25) is 0 Å². The molecule has 2 N–H and O–H groups in total. The number of esters is 1. The molecule has 0 aromatic carbocycles. The minimum Gasteiger partial charge on any atom is -0.465 e. The zero-order valence-electron chi connectivity index (χ0n) is 9.43. The average molecular weight is 224 g/mol. The van der Waals surface area contributed by atoms with Gasteiger partial charge < -0.3 is 15.2 Å². The lowest BCUT2D eigenvalue weighted by Crippen LogP contribution is -2.24. The minimum absolute atomic E-state index is 0.00626. The monoisotopic (exact) mass is 224 g/mol. The molecule has 16 heavy (non-hydrogen) atoms. The molecule has 0 spiro atoms. The van der Waals surface area contributed by atoms with Crippen molar-refractivity contribution in [2.24, 2.45) is 0 Å². The molecular formula is C11H16N2O3. The molecule has 1 unspecified atom stereocenters. The van der Waals surface area contributed by atoms with Crippen molar-refractivity contribution in [3.05, 3.63) is 23.9 Å². The van der Waals surface area contributed by atoms with E-state index in [0.29, 0.717) is 11.4 Å². The van der Waals surface area contributed by atoms with E-state index in [4.69, 9.17) is 5.11 Å². The number of carbonyl (C=O) groups excluding carboxylic acids is 1. The van der Waals surface area contributed by atoms with Crippen LogP contribution in [0.1, 0.15) is 23.7 Å². The van der Waals surface area contributed by atoms with E-state index in [1.807, 2.05) is 6.92 Å². The standard InChI is InChI=1S/C11H16N2O3/c1-3-8(7-14)13-10-9(11(15)16-2)5-4-6-12-10/h4-6,8,14H,3,7H2,1-2H3,(H,12,13). The van der Waals surface area contributed by atoms with Crippen molar-refractivity contribution in [1.82, 2.24) is 4.98 Å². The maximum Gasteiger partial charge on any atom is 0.341 e. The number of rotatable bonds is 5. The first kappa shape index (κ1) is 12.4. The fourth-order valence-corrected chi connectivity index (χ4v) is 1.27. The first-order valence-corrected chi connectivity index (χ1v) is 5.13. The second-order valence-corrected chi connectivity index (χ2v) is 3.32.